The molecular weight excluding hydrogens is 346 g/mol. The number of rotatable bonds is 3. The van der Waals surface area contributed by atoms with Gasteiger partial charge in [-0.05, 0) is 25.3 Å². The molecule has 8 heteroatoms. The van der Waals surface area contributed by atoms with Crippen molar-refractivity contribution in [3.05, 3.63) is 34.2 Å². The number of piperidine rings is 1. The highest BCUT2D eigenvalue weighted by Crippen LogP contribution is 2.35. The maximum atomic E-state index is 12.5. The number of thiophene rings is 1. The standard InChI is InChI=1S/C16H16ClN5OS/c17-12-10-6-2-3-7-11(10)24-13(12)14(23)18-15-19-16(21-20-15)22-8-4-1-5-9-22/h2-3,6-7H,1,4-5,8-9H2,(H2,18,19,20,21,23). The second-order valence-electron chi connectivity index (χ2n) is 5.73. The molecule has 2 aromatic heterocycles. The van der Waals surface area contributed by atoms with Crippen LogP contribution >= 0.6 is 22.9 Å². The van der Waals surface area contributed by atoms with E-state index in [9.17, 15) is 4.79 Å². The van der Waals surface area contributed by atoms with E-state index in [1.807, 2.05) is 24.3 Å². The summed E-state index contributed by atoms with van der Waals surface area (Å²) in [5.74, 6) is 0.698. The van der Waals surface area contributed by atoms with Crippen LogP contribution in [-0.4, -0.2) is 34.2 Å². The monoisotopic (exact) mass is 361 g/mol. The lowest BCUT2D eigenvalue weighted by molar-refractivity contribution is 0.103. The number of nitrogens with zero attached hydrogens (tertiary/aromatic N) is 3. The highest BCUT2D eigenvalue weighted by Gasteiger charge is 2.20. The summed E-state index contributed by atoms with van der Waals surface area (Å²) in [6.07, 6.45) is 3.54. The van der Waals surface area contributed by atoms with E-state index >= 15 is 0 Å². The molecule has 1 aliphatic rings. The molecule has 0 radical (unpaired) electrons. The van der Waals surface area contributed by atoms with Gasteiger partial charge < -0.3 is 4.90 Å². The van der Waals surface area contributed by atoms with E-state index < -0.39 is 0 Å². The lowest BCUT2D eigenvalue weighted by Crippen LogP contribution is -2.30. The van der Waals surface area contributed by atoms with E-state index in [2.05, 4.69) is 25.4 Å². The number of carbonyl (C=O) groups is 1. The van der Waals surface area contributed by atoms with Crippen LogP contribution in [0.4, 0.5) is 11.9 Å². The zero-order chi connectivity index (χ0) is 16.5. The molecule has 3 aromatic rings. The first-order chi connectivity index (χ1) is 11.7. The Balaban J connectivity index is 1.53. The summed E-state index contributed by atoms with van der Waals surface area (Å²) in [6, 6.07) is 7.70. The van der Waals surface area contributed by atoms with Crippen LogP contribution < -0.4 is 10.2 Å². The second-order valence-corrected chi connectivity index (χ2v) is 7.16. The van der Waals surface area contributed by atoms with Crippen molar-refractivity contribution in [2.75, 3.05) is 23.3 Å². The van der Waals surface area contributed by atoms with Gasteiger partial charge >= 0.3 is 0 Å². The zero-order valence-electron chi connectivity index (χ0n) is 12.9. The number of halogens is 1. The van der Waals surface area contributed by atoms with E-state index in [0.29, 0.717) is 21.8 Å². The zero-order valence-corrected chi connectivity index (χ0v) is 14.5. The molecule has 6 nitrogen and oxygen atoms in total. The Bertz CT molecular complexity index is 884. The molecule has 2 N–H and O–H groups in total. The van der Waals surface area contributed by atoms with Crippen LogP contribution in [0, 0.1) is 0 Å². The summed E-state index contributed by atoms with van der Waals surface area (Å²) in [4.78, 5) is 19.5. The number of aromatic nitrogens is 3. The average molecular weight is 362 g/mol. The van der Waals surface area contributed by atoms with Gasteiger partial charge in [-0.25, -0.2) is 5.10 Å². The second kappa shape index (κ2) is 6.41. The lowest BCUT2D eigenvalue weighted by atomic mass is 10.1. The first-order valence-corrected chi connectivity index (χ1v) is 9.07. The fourth-order valence-corrected chi connectivity index (χ4v) is 4.28. The van der Waals surface area contributed by atoms with Gasteiger partial charge in [0.2, 0.25) is 11.9 Å². The number of carbonyl (C=O) groups excluding carboxylic acids is 1. The van der Waals surface area contributed by atoms with Gasteiger partial charge in [-0.3, -0.25) is 10.1 Å². The van der Waals surface area contributed by atoms with Gasteiger partial charge in [0.15, 0.2) is 0 Å². The molecule has 4 rings (SSSR count). The third kappa shape index (κ3) is 2.85. The topological polar surface area (TPSA) is 73.9 Å². The maximum Gasteiger partial charge on any atom is 0.269 e. The normalized spacial score (nSPS) is 15.0. The van der Waals surface area contributed by atoms with E-state index in [1.54, 1.807) is 0 Å². The predicted molar refractivity (Wildman–Crippen MR) is 97.2 cm³/mol. The fraction of sp³-hybridized carbons (Fsp3) is 0.312. The first-order valence-electron chi connectivity index (χ1n) is 7.88. The Morgan fingerprint density at radius 2 is 2.04 bits per heavy atom. The van der Waals surface area contributed by atoms with Crippen molar-refractivity contribution >= 4 is 50.8 Å². The molecular formula is C16H16ClN5OS. The Kier molecular flexibility index (Phi) is 4.12. The van der Waals surface area contributed by atoms with Gasteiger partial charge in [0.1, 0.15) is 4.88 Å². The van der Waals surface area contributed by atoms with Gasteiger partial charge in [-0.2, -0.15) is 4.98 Å². The Morgan fingerprint density at radius 3 is 2.83 bits per heavy atom. The van der Waals surface area contributed by atoms with Crippen molar-refractivity contribution in [1.29, 1.82) is 0 Å². The molecule has 1 saturated heterocycles. The third-order valence-corrected chi connectivity index (χ3v) is 5.76. The number of hydrogen-bond donors (Lipinski definition) is 2. The third-order valence-electron chi connectivity index (χ3n) is 4.09. The number of amides is 1. The molecule has 0 aliphatic carbocycles. The lowest BCUT2D eigenvalue weighted by Gasteiger charge is -2.24. The highest BCUT2D eigenvalue weighted by atomic mass is 35.5. The molecule has 1 aliphatic heterocycles. The summed E-state index contributed by atoms with van der Waals surface area (Å²) in [5.41, 5.74) is 0. The summed E-state index contributed by atoms with van der Waals surface area (Å²) in [6.45, 7) is 1.90. The quantitative estimate of drug-likeness (QED) is 0.741. The maximum absolute atomic E-state index is 12.5. The minimum Gasteiger partial charge on any atom is -0.340 e. The van der Waals surface area contributed by atoms with E-state index in [1.165, 1.54) is 17.8 Å². The molecule has 0 saturated carbocycles. The van der Waals surface area contributed by atoms with Crippen molar-refractivity contribution in [1.82, 2.24) is 15.2 Å². The molecule has 3 heterocycles. The molecule has 0 unspecified atom stereocenters. The molecule has 0 spiro atoms. The van der Waals surface area contributed by atoms with Crippen LogP contribution in [0.3, 0.4) is 0 Å². The SMILES string of the molecule is O=C(Nc1nc(N2CCCCC2)n[nH]1)c1sc2ccccc2c1Cl. The van der Waals surface area contributed by atoms with Gasteiger partial charge in [0.25, 0.3) is 5.91 Å². The van der Waals surface area contributed by atoms with Crippen molar-refractivity contribution < 1.29 is 4.79 Å². The Morgan fingerprint density at radius 1 is 1.25 bits per heavy atom. The largest absolute Gasteiger partial charge is 0.340 e. The molecule has 24 heavy (non-hydrogen) atoms. The Labute approximate surface area is 147 Å². The number of benzene rings is 1. The molecule has 0 atom stereocenters. The molecule has 0 bridgehead atoms. The summed E-state index contributed by atoms with van der Waals surface area (Å²) in [5, 5.41) is 11.1. The van der Waals surface area contributed by atoms with Crippen LogP contribution in [0.1, 0.15) is 28.9 Å². The van der Waals surface area contributed by atoms with Gasteiger partial charge in [0.05, 0.1) is 5.02 Å². The number of hydrogen-bond acceptors (Lipinski definition) is 5. The first kappa shape index (κ1) is 15.4. The van der Waals surface area contributed by atoms with Crippen LogP contribution in [0.15, 0.2) is 24.3 Å². The minimum absolute atomic E-state index is 0.275. The molecule has 1 fully saturated rings. The van der Waals surface area contributed by atoms with E-state index in [0.717, 1.165) is 36.0 Å². The number of nitrogens with one attached hydrogen (secondary N) is 2. The van der Waals surface area contributed by atoms with E-state index in [4.69, 9.17) is 11.6 Å². The number of anilines is 2. The minimum atomic E-state index is -0.275. The summed E-state index contributed by atoms with van der Waals surface area (Å²) < 4.78 is 0.985. The van der Waals surface area contributed by atoms with Crippen molar-refractivity contribution in [2.45, 2.75) is 19.3 Å². The average Bonchev–Trinajstić information content (AvgIpc) is 3.21. The number of aromatic amines is 1. The smallest absolute Gasteiger partial charge is 0.269 e. The van der Waals surface area contributed by atoms with Gasteiger partial charge in [-0.1, -0.05) is 29.8 Å². The number of fused-ring (bicyclic) bond motifs is 1. The van der Waals surface area contributed by atoms with Gasteiger partial charge in [0, 0.05) is 23.2 Å². The van der Waals surface area contributed by atoms with Crippen LogP contribution in [-0.2, 0) is 0 Å². The highest BCUT2D eigenvalue weighted by molar-refractivity contribution is 7.21. The molecule has 1 amide bonds. The predicted octanol–water partition coefficient (Wildman–Crippen LogP) is 3.92. The van der Waals surface area contributed by atoms with Crippen molar-refractivity contribution in [3.63, 3.8) is 0 Å². The summed E-state index contributed by atoms with van der Waals surface area (Å²) in [7, 11) is 0. The van der Waals surface area contributed by atoms with Crippen molar-refractivity contribution in [3.8, 4) is 0 Å². The van der Waals surface area contributed by atoms with Gasteiger partial charge in [-0.15, -0.1) is 16.4 Å². The van der Waals surface area contributed by atoms with Crippen LogP contribution in [0.2, 0.25) is 5.02 Å². The van der Waals surface area contributed by atoms with Crippen molar-refractivity contribution in [2.24, 2.45) is 0 Å². The molecule has 124 valence electrons. The molecule has 1 aromatic carbocycles. The number of H-pyrrole nitrogens is 1. The van der Waals surface area contributed by atoms with Crippen LogP contribution in [0.5, 0.6) is 0 Å². The fourth-order valence-electron chi connectivity index (χ4n) is 2.87. The summed E-state index contributed by atoms with van der Waals surface area (Å²) >= 11 is 7.71. The van der Waals surface area contributed by atoms with E-state index in [-0.39, 0.29) is 5.91 Å². The van der Waals surface area contributed by atoms with Crippen LogP contribution in [0.25, 0.3) is 10.1 Å². The Hall–Kier alpha value is -2.12.